The highest BCUT2D eigenvalue weighted by atomic mass is 19.1. The third kappa shape index (κ3) is 2.65. The van der Waals surface area contributed by atoms with Gasteiger partial charge in [0.15, 0.2) is 11.6 Å². The van der Waals surface area contributed by atoms with Crippen molar-refractivity contribution >= 4 is 0 Å². The number of hydrogen-bond acceptors (Lipinski definition) is 2. The van der Waals surface area contributed by atoms with E-state index in [0.29, 0.717) is 11.1 Å². The van der Waals surface area contributed by atoms with Gasteiger partial charge in [0.1, 0.15) is 12.4 Å². The van der Waals surface area contributed by atoms with Gasteiger partial charge in [0.2, 0.25) is 0 Å². The topological polar surface area (TPSA) is 35.2 Å². The maximum Gasteiger partial charge on any atom is 0.165 e. The van der Waals surface area contributed by atoms with Crippen molar-refractivity contribution in [1.82, 2.24) is 0 Å². The fourth-order valence-corrected chi connectivity index (χ4v) is 1.64. The first-order chi connectivity index (χ1) is 8.72. The van der Waals surface area contributed by atoms with Gasteiger partial charge in [-0.2, -0.15) is 0 Å². The molecule has 0 heterocycles. The van der Waals surface area contributed by atoms with Crippen LogP contribution in [0.3, 0.4) is 0 Å². The molecule has 2 N–H and O–H groups in total. The van der Waals surface area contributed by atoms with Gasteiger partial charge >= 0.3 is 0 Å². The third-order valence-electron chi connectivity index (χ3n) is 2.60. The molecular formula is C14H13F2NO. The molecule has 94 valence electrons. The van der Waals surface area contributed by atoms with E-state index in [0.717, 1.165) is 0 Å². The number of ether oxygens (including phenoxy) is 1. The summed E-state index contributed by atoms with van der Waals surface area (Å²) in [7, 11) is 0. The first-order valence-electron chi connectivity index (χ1n) is 5.56. The van der Waals surface area contributed by atoms with Crippen molar-refractivity contribution in [1.29, 1.82) is 0 Å². The summed E-state index contributed by atoms with van der Waals surface area (Å²) < 4.78 is 32.3. The molecule has 2 rings (SSSR count). The molecule has 0 saturated carbocycles. The second-order valence-corrected chi connectivity index (χ2v) is 3.81. The van der Waals surface area contributed by atoms with Gasteiger partial charge in [-0.3, -0.25) is 0 Å². The Labute approximate surface area is 104 Å². The number of rotatable bonds is 4. The molecule has 2 aromatic carbocycles. The highest BCUT2D eigenvalue weighted by Crippen LogP contribution is 2.23. The minimum absolute atomic E-state index is 0.0272. The molecule has 18 heavy (non-hydrogen) atoms. The summed E-state index contributed by atoms with van der Waals surface area (Å²) in [4.78, 5) is 0. The van der Waals surface area contributed by atoms with Gasteiger partial charge in [-0.1, -0.05) is 30.3 Å². The van der Waals surface area contributed by atoms with Gasteiger partial charge < -0.3 is 10.5 Å². The molecule has 0 aliphatic heterocycles. The molecule has 0 aliphatic carbocycles. The zero-order valence-corrected chi connectivity index (χ0v) is 9.70. The number of halogens is 2. The van der Waals surface area contributed by atoms with E-state index in [1.54, 1.807) is 30.3 Å². The van der Waals surface area contributed by atoms with Crippen LogP contribution in [-0.2, 0) is 13.2 Å². The molecule has 0 fully saturated rings. The Morgan fingerprint density at radius 3 is 2.28 bits per heavy atom. The SMILES string of the molecule is NCc1cccc(F)c1OCc1ccccc1F. The first-order valence-corrected chi connectivity index (χ1v) is 5.56. The van der Waals surface area contributed by atoms with Crippen molar-refractivity contribution in [2.75, 3.05) is 0 Å². The molecule has 0 aromatic heterocycles. The fraction of sp³-hybridized carbons (Fsp3) is 0.143. The molecule has 0 atom stereocenters. The van der Waals surface area contributed by atoms with E-state index in [9.17, 15) is 8.78 Å². The lowest BCUT2D eigenvalue weighted by atomic mass is 10.2. The lowest BCUT2D eigenvalue weighted by Crippen LogP contribution is -2.05. The van der Waals surface area contributed by atoms with Crippen LogP contribution >= 0.6 is 0 Å². The van der Waals surface area contributed by atoms with E-state index in [2.05, 4.69) is 0 Å². The molecule has 0 spiro atoms. The predicted octanol–water partition coefficient (Wildman–Crippen LogP) is 3.00. The van der Waals surface area contributed by atoms with Crippen LogP contribution in [0, 0.1) is 11.6 Å². The van der Waals surface area contributed by atoms with Crippen molar-refractivity contribution in [3.8, 4) is 5.75 Å². The average Bonchev–Trinajstić information content (AvgIpc) is 2.39. The second-order valence-electron chi connectivity index (χ2n) is 3.81. The van der Waals surface area contributed by atoms with Crippen molar-refractivity contribution in [2.24, 2.45) is 5.73 Å². The van der Waals surface area contributed by atoms with Crippen LogP contribution in [0.4, 0.5) is 8.78 Å². The molecular weight excluding hydrogens is 236 g/mol. The van der Waals surface area contributed by atoms with Crippen LogP contribution in [0.25, 0.3) is 0 Å². The Bertz CT molecular complexity index is 543. The maximum absolute atomic E-state index is 13.6. The van der Waals surface area contributed by atoms with E-state index in [4.69, 9.17) is 10.5 Å². The molecule has 0 aliphatic rings. The summed E-state index contributed by atoms with van der Waals surface area (Å²) >= 11 is 0. The predicted molar refractivity (Wildman–Crippen MR) is 65.0 cm³/mol. The average molecular weight is 249 g/mol. The van der Waals surface area contributed by atoms with Crippen LogP contribution in [-0.4, -0.2) is 0 Å². The Balaban J connectivity index is 2.18. The molecule has 0 bridgehead atoms. The molecule has 2 aromatic rings. The van der Waals surface area contributed by atoms with Gasteiger partial charge in [0, 0.05) is 17.7 Å². The summed E-state index contributed by atoms with van der Waals surface area (Å²) in [5, 5.41) is 0. The summed E-state index contributed by atoms with van der Waals surface area (Å²) in [5.74, 6) is -0.777. The summed E-state index contributed by atoms with van der Waals surface area (Å²) in [6.45, 7) is 0.144. The maximum atomic E-state index is 13.6. The van der Waals surface area contributed by atoms with Gasteiger partial charge in [-0.05, 0) is 12.1 Å². The Hall–Kier alpha value is -1.94. The zero-order valence-electron chi connectivity index (χ0n) is 9.70. The van der Waals surface area contributed by atoms with Gasteiger partial charge in [0.05, 0.1) is 0 Å². The van der Waals surface area contributed by atoms with Crippen molar-refractivity contribution in [3.63, 3.8) is 0 Å². The standard InChI is InChI=1S/C14H13F2NO/c15-12-6-2-1-4-11(12)9-18-14-10(8-17)5-3-7-13(14)16/h1-7H,8-9,17H2. The van der Waals surface area contributed by atoms with E-state index >= 15 is 0 Å². The summed E-state index contributed by atoms with van der Waals surface area (Å²) in [6, 6.07) is 10.8. The van der Waals surface area contributed by atoms with Crippen molar-refractivity contribution in [2.45, 2.75) is 13.2 Å². The Morgan fingerprint density at radius 2 is 1.56 bits per heavy atom. The fourth-order valence-electron chi connectivity index (χ4n) is 1.64. The zero-order chi connectivity index (χ0) is 13.0. The number of hydrogen-bond donors (Lipinski definition) is 1. The van der Waals surface area contributed by atoms with E-state index in [1.165, 1.54) is 12.1 Å². The minimum Gasteiger partial charge on any atom is -0.485 e. The molecule has 0 unspecified atom stereocenters. The van der Waals surface area contributed by atoms with Gasteiger partial charge in [0.25, 0.3) is 0 Å². The molecule has 0 saturated heterocycles. The van der Waals surface area contributed by atoms with Gasteiger partial charge in [-0.15, -0.1) is 0 Å². The van der Waals surface area contributed by atoms with E-state index < -0.39 is 5.82 Å². The first kappa shape index (κ1) is 12.5. The quantitative estimate of drug-likeness (QED) is 0.904. The smallest absolute Gasteiger partial charge is 0.165 e. The highest BCUT2D eigenvalue weighted by molar-refractivity contribution is 5.35. The largest absolute Gasteiger partial charge is 0.485 e. The van der Waals surface area contributed by atoms with E-state index in [-0.39, 0.29) is 24.7 Å². The molecule has 4 heteroatoms. The normalized spacial score (nSPS) is 10.4. The van der Waals surface area contributed by atoms with Crippen LogP contribution in [0.1, 0.15) is 11.1 Å². The Morgan fingerprint density at radius 1 is 0.889 bits per heavy atom. The lowest BCUT2D eigenvalue weighted by Gasteiger charge is -2.11. The third-order valence-corrected chi connectivity index (χ3v) is 2.60. The summed E-state index contributed by atoms with van der Waals surface area (Å²) in [5.41, 5.74) is 6.44. The van der Waals surface area contributed by atoms with Crippen molar-refractivity contribution < 1.29 is 13.5 Å². The van der Waals surface area contributed by atoms with Crippen LogP contribution < -0.4 is 10.5 Å². The molecule has 0 amide bonds. The molecule has 2 nitrogen and oxygen atoms in total. The van der Waals surface area contributed by atoms with Crippen LogP contribution in [0.15, 0.2) is 42.5 Å². The van der Waals surface area contributed by atoms with E-state index in [1.807, 2.05) is 0 Å². The van der Waals surface area contributed by atoms with Crippen LogP contribution in [0.5, 0.6) is 5.75 Å². The second kappa shape index (κ2) is 5.60. The molecule has 0 radical (unpaired) electrons. The number of para-hydroxylation sites is 1. The Kier molecular flexibility index (Phi) is 3.89. The monoisotopic (exact) mass is 249 g/mol. The van der Waals surface area contributed by atoms with Crippen molar-refractivity contribution in [3.05, 3.63) is 65.2 Å². The lowest BCUT2D eigenvalue weighted by molar-refractivity contribution is 0.281. The van der Waals surface area contributed by atoms with Gasteiger partial charge in [-0.25, -0.2) is 8.78 Å². The summed E-state index contributed by atoms with van der Waals surface area (Å²) in [6.07, 6.45) is 0. The highest BCUT2D eigenvalue weighted by Gasteiger charge is 2.10. The number of nitrogens with two attached hydrogens (primary N) is 1. The number of benzene rings is 2. The van der Waals surface area contributed by atoms with Crippen LogP contribution in [0.2, 0.25) is 0 Å². The minimum atomic E-state index is -0.491.